The molecule has 24 heavy (non-hydrogen) atoms. The van der Waals surface area contributed by atoms with E-state index in [0.717, 1.165) is 52.2 Å². The molecule has 2 heterocycles. The highest BCUT2D eigenvalue weighted by Gasteiger charge is 2.25. The van der Waals surface area contributed by atoms with E-state index in [9.17, 15) is 9.18 Å². The van der Waals surface area contributed by atoms with Crippen LogP contribution in [0.4, 0.5) is 10.1 Å². The molecule has 1 N–H and O–H groups in total. The van der Waals surface area contributed by atoms with Crippen LogP contribution in [0.15, 0.2) is 18.2 Å². The molecule has 1 amide bonds. The zero-order valence-electron chi connectivity index (χ0n) is 14.6. The van der Waals surface area contributed by atoms with Gasteiger partial charge in [-0.2, -0.15) is 0 Å². The Morgan fingerprint density at radius 2 is 2.08 bits per heavy atom. The smallest absolute Gasteiger partial charge is 0.253 e. The van der Waals surface area contributed by atoms with Gasteiger partial charge >= 0.3 is 0 Å². The molecule has 6 heteroatoms. The minimum atomic E-state index is -0.302. The van der Waals surface area contributed by atoms with Gasteiger partial charge in [-0.25, -0.2) is 4.39 Å². The molecular formula is C18H27FN4O. The summed E-state index contributed by atoms with van der Waals surface area (Å²) < 4.78 is 14.6. The van der Waals surface area contributed by atoms with Crippen LogP contribution in [-0.4, -0.2) is 74.6 Å². The lowest BCUT2D eigenvalue weighted by molar-refractivity contribution is 0.0743. The standard InChI is InChI=1S/C18H27FN4O/c1-3-22-8-10-23(11-9-22)17-5-4-14(12-16(17)19)18(24)21(2)15-6-7-20-13-15/h4-5,12,15,20H,3,6-11,13H2,1-2H3/t15-/m1/s1. The van der Waals surface area contributed by atoms with Crippen LogP contribution in [-0.2, 0) is 0 Å². The summed E-state index contributed by atoms with van der Waals surface area (Å²) in [6.45, 7) is 8.47. The third-order valence-electron chi connectivity index (χ3n) is 5.26. The van der Waals surface area contributed by atoms with E-state index in [1.54, 1.807) is 24.1 Å². The van der Waals surface area contributed by atoms with Crippen LogP contribution in [0.25, 0.3) is 0 Å². The molecule has 0 unspecified atom stereocenters. The molecular weight excluding hydrogens is 307 g/mol. The fourth-order valence-electron chi connectivity index (χ4n) is 3.54. The molecule has 2 aliphatic rings. The Labute approximate surface area is 143 Å². The number of nitrogens with one attached hydrogen (secondary N) is 1. The first-order valence-corrected chi connectivity index (χ1v) is 8.85. The first-order valence-electron chi connectivity index (χ1n) is 8.85. The lowest BCUT2D eigenvalue weighted by Gasteiger charge is -2.35. The summed E-state index contributed by atoms with van der Waals surface area (Å²) in [5, 5.41) is 3.25. The van der Waals surface area contributed by atoms with Gasteiger partial charge in [0.1, 0.15) is 5.82 Å². The highest BCUT2D eigenvalue weighted by molar-refractivity contribution is 5.94. The summed E-state index contributed by atoms with van der Waals surface area (Å²) in [6, 6.07) is 5.10. The maximum absolute atomic E-state index is 14.6. The SMILES string of the molecule is CCN1CCN(c2ccc(C(=O)N(C)[C@@H]3CCNC3)cc2F)CC1. The van der Waals surface area contributed by atoms with Crippen LogP contribution in [0.5, 0.6) is 0 Å². The molecule has 0 spiro atoms. The first kappa shape index (κ1) is 17.2. The predicted octanol–water partition coefficient (Wildman–Crippen LogP) is 1.40. The number of carbonyl (C=O) groups is 1. The lowest BCUT2D eigenvalue weighted by atomic mass is 10.1. The quantitative estimate of drug-likeness (QED) is 0.903. The Bertz CT molecular complexity index is 580. The van der Waals surface area contributed by atoms with Crippen molar-refractivity contribution in [3.8, 4) is 0 Å². The number of rotatable bonds is 4. The lowest BCUT2D eigenvalue weighted by Crippen LogP contribution is -2.46. The van der Waals surface area contributed by atoms with E-state index in [1.165, 1.54) is 6.07 Å². The zero-order valence-corrected chi connectivity index (χ0v) is 14.6. The molecule has 2 saturated heterocycles. The summed E-state index contributed by atoms with van der Waals surface area (Å²) in [5.41, 5.74) is 1.03. The van der Waals surface area contributed by atoms with E-state index in [0.29, 0.717) is 11.3 Å². The molecule has 0 aromatic heterocycles. The van der Waals surface area contributed by atoms with E-state index in [1.807, 2.05) is 0 Å². The van der Waals surface area contributed by atoms with Crippen LogP contribution in [0, 0.1) is 5.82 Å². The number of hydrogen-bond acceptors (Lipinski definition) is 4. The van der Waals surface area contributed by atoms with Crippen molar-refractivity contribution in [2.24, 2.45) is 0 Å². The second kappa shape index (κ2) is 7.49. The minimum Gasteiger partial charge on any atom is -0.367 e. The second-order valence-corrected chi connectivity index (χ2v) is 6.65. The van der Waals surface area contributed by atoms with Crippen LogP contribution in [0.3, 0.4) is 0 Å². The van der Waals surface area contributed by atoms with Crippen molar-refractivity contribution in [2.75, 3.05) is 57.8 Å². The summed E-state index contributed by atoms with van der Waals surface area (Å²) in [4.78, 5) is 18.7. The Morgan fingerprint density at radius 1 is 1.33 bits per heavy atom. The number of amides is 1. The summed E-state index contributed by atoms with van der Waals surface area (Å²) >= 11 is 0. The Morgan fingerprint density at radius 3 is 2.67 bits per heavy atom. The fourth-order valence-corrected chi connectivity index (χ4v) is 3.54. The molecule has 0 bridgehead atoms. The molecule has 2 aliphatic heterocycles. The average Bonchev–Trinajstić information content (AvgIpc) is 3.15. The van der Waals surface area contributed by atoms with Gasteiger partial charge in [-0.15, -0.1) is 0 Å². The van der Waals surface area contributed by atoms with Crippen LogP contribution in [0.2, 0.25) is 0 Å². The normalized spacial score (nSPS) is 22.0. The first-order chi connectivity index (χ1) is 11.6. The van der Waals surface area contributed by atoms with Gasteiger partial charge in [0.15, 0.2) is 0 Å². The Hall–Kier alpha value is -1.66. The van der Waals surface area contributed by atoms with Gasteiger partial charge in [0.05, 0.1) is 5.69 Å². The average molecular weight is 334 g/mol. The topological polar surface area (TPSA) is 38.8 Å². The van der Waals surface area contributed by atoms with Crippen molar-refractivity contribution in [3.63, 3.8) is 0 Å². The molecule has 1 aromatic carbocycles. The summed E-state index contributed by atoms with van der Waals surface area (Å²) in [6.07, 6.45) is 0.949. The van der Waals surface area contributed by atoms with Crippen molar-refractivity contribution in [1.29, 1.82) is 0 Å². The van der Waals surface area contributed by atoms with Gasteiger partial charge in [0.25, 0.3) is 5.91 Å². The van der Waals surface area contributed by atoms with E-state index in [4.69, 9.17) is 0 Å². The maximum Gasteiger partial charge on any atom is 0.253 e. The molecule has 1 atom stereocenters. The summed E-state index contributed by atoms with van der Waals surface area (Å²) in [5.74, 6) is -0.409. The number of hydrogen-bond donors (Lipinski definition) is 1. The third kappa shape index (κ3) is 3.54. The largest absolute Gasteiger partial charge is 0.367 e. The maximum atomic E-state index is 14.6. The van der Waals surface area contributed by atoms with Gasteiger partial charge in [-0.05, 0) is 37.7 Å². The minimum absolute atomic E-state index is 0.107. The number of carbonyl (C=O) groups excluding carboxylic acids is 1. The fraction of sp³-hybridized carbons (Fsp3) is 0.611. The summed E-state index contributed by atoms with van der Waals surface area (Å²) in [7, 11) is 1.80. The third-order valence-corrected chi connectivity index (χ3v) is 5.26. The van der Waals surface area contributed by atoms with Gasteiger partial charge in [-0.3, -0.25) is 4.79 Å². The second-order valence-electron chi connectivity index (χ2n) is 6.65. The monoisotopic (exact) mass is 334 g/mol. The van der Waals surface area contributed by atoms with Crippen molar-refractivity contribution < 1.29 is 9.18 Å². The van der Waals surface area contributed by atoms with E-state index in [-0.39, 0.29) is 17.8 Å². The Kier molecular flexibility index (Phi) is 5.36. The molecule has 5 nitrogen and oxygen atoms in total. The molecule has 0 saturated carbocycles. The Balaban J connectivity index is 1.69. The van der Waals surface area contributed by atoms with Gasteiger partial charge in [-0.1, -0.05) is 6.92 Å². The molecule has 0 radical (unpaired) electrons. The number of halogens is 1. The van der Waals surface area contributed by atoms with E-state index >= 15 is 0 Å². The van der Waals surface area contributed by atoms with Crippen molar-refractivity contribution >= 4 is 11.6 Å². The number of anilines is 1. The highest BCUT2D eigenvalue weighted by Crippen LogP contribution is 2.23. The molecule has 3 rings (SSSR count). The number of benzene rings is 1. The van der Waals surface area contributed by atoms with Crippen LogP contribution in [0.1, 0.15) is 23.7 Å². The van der Waals surface area contributed by atoms with Crippen LogP contribution < -0.4 is 10.2 Å². The number of likely N-dealkylation sites (N-methyl/N-ethyl adjacent to an activating group) is 2. The zero-order chi connectivity index (χ0) is 17.1. The van der Waals surface area contributed by atoms with E-state index in [2.05, 4.69) is 22.0 Å². The van der Waals surface area contributed by atoms with Crippen molar-refractivity contribution in [3.05, 3.63) is 29.6 Å². The number of piperazine rings is 1. The predicted molar refractivity (Wildman–Crippen MR) is 94.1 cm³/mol. The number of nitrogens with zero attached hydrogens (tertiary/aromatic N) is 3. The van der Waals surface area contributed by atoms with Crippen molar-refractivity contribution in [1.82, 2.24) is 15.1 Å². The molecule has 2 fully saturated rings. The van der Waals surface area contributed by atoms with Gasteiger partial charge in [0.2, 0.25) is 0 Å². The van der Waals surface area contributed by atoms with E-state index < -0.39 is 0 Å². The molecule has 132 valence electrons. The van der Waals surface area contributed by atoms with Gasteiger partial charge < -0.3 is 20.0 Å². The molecule has 1 aromatic rings. The van der Waals surface area contributed by atoms with Gasteiger partial charge in [0, 0.05) is 51.4 Å². The van der Waals surface area contributed by atoms with Crippen LogP contribution >= 0.6 is 0 Å². The molecule has 0 aliphatic carbocycles. The highest BCUT2D eigenvalue weighted by atomic mass is 19.1. The van der Waals surface area contributed by atoms with Crippen molar-refractivity contribution in [2.45, 2.75) is 19.4 Å².